The smallest absolute Gasteiger partial charge is 0.230 e. The Morgan fingerprint density at radius 2 is 2.05 bits per heavy atom. The van der Waals surface area contributed by atoms with Gasteiger partial charge in [0.05, 0.1) is 0 Å². The molecule has 4 heteroatoms. The number of aromatic nitrogens is 2. The van der Waals surface area contributed by atoms with Crippen LogP contribution >= 0.6 is 0 Å². The minimum atomic E-state index is 0.360. The van der Waals surface area contributed by atoms with Crippen LogP contribution in [0, 0.1) is 12.8 Å². The highest BCUT2D eigenvalue weighted by Gasteiger charge is 2.31. The maximum atomic E-state index is 5.82. The van der Waals surface area contributed by atoms with E-state index in [1.807, 2.05) is 0 Å². The van der Waals surface area contributed by atoms with Crippen LogP contribution in [0.4, 0.5) is 0 Å². The predicted molar refractivity (Wildman–Crippen MR) is 77.4 cm³/mol. The SMILES string of the molecule is Cc1ccc(Cc2noc(C3CCCC3CN)n2)cc1. The van der Waals surface area contributed by atoms with E-state index in [0.29, 0.717) is 18.4 Å². The molecule has 0 radical (unpaired) electrons. The molecule has 106 valence electrons. The summed E-state index contributed by atoms with van der Waals surface area (Å²) in [5.41, 5.74) is 8.29. The van der Waals surface area contributed by atoms with Crippen LogP contribution in [0.2, 0.25) is 0 Å². The maximum absolute atomic E-state index is 5.82. The molecule has 1 aromatic heterocycles. The standard InChI is InChI=1S/C16H21N3O/c1-11-5-7-12(8-6-11)9-15-18-16(20-19-15)14-4-2-3-13(14)10-17/h5-8,13-14H,2-4,9-10,17H2,1H3. The monoisotopic (exact) mass is 271 g/mol. The lowest BCUT2D eigenvalue weighted by atomic mass is 9.96. The lowest BCUT2D eigenvalue weighted by molar-refractivity contribution is 0.323. The van der Waals surface area contributed by atoms with Crippen LogP contribution in [-0.2, 0) is 6.42 Å². The molecule has 1 aliphatic rings. The Morgan fingerprint density at radius 1 is 1.25 bits per heavy atom. The number of benzene rings is 1. The topological polar surface area (TPSA) is 64.9 Å². The second-order valence-corrected chi connectivity index (χ2v) is 5.74. The summed E-state index contributed by atoms with van der Waals surface area (Å²) < 4.78 is 5.46. The van der Waals surface area contributed by atoms with Crippen LogP contribution in [0.25, 0.3) is 0 Å². The first kappa shape index (κ1) is 13.3. The van der Waals surface area contributed by atoms with Gasteiger partial charge in [-0.2, -0.15) is 4.98 Å². The molecule has 1 heterocycles. The Balaban J connectivity index is 1.72. The van der Waals surface area contributed by atoms with Gasteiger partial charge in [0.2, 0.25) is 5.89 Å². The third kappa shape index (κ3) is 2.75. The number of nitrogens with two attached hydrogens (primary N) is 1. The number of aryl methyl sites for hydroxylation is 1. The molecule has 0 aliphatic heterocycles. The second-order valence-electron chi connectivity index (χ2n) is 5.74. The molecule has 0 spiro atoms. The van der Waals surface area contributed by atoms with Crippen molar-refractivity contribution in [3.63, 3.8) is 0 Å². The molecule has 0 saturated heterocycles. The Bertz CT molecular complexity index is 561. The normalized spacial score (nSPS) is 22.3. The van der Waals surface area contributed by atoms with Gasteiger partial charge in [0.25, 0.3) is 0 Å². The van der Waals surface area contributed by atoms with Crippen LogP contribution in [0.5, 0.6) is 0 Å². The molecule has 2 atom stereocenters. The predicted octanol–water partition coefficient (Wildman–Crippen LogP) is 2.81. The van der Waals surface area contributed by atoms with E-state index in [9.17, 15) is 0 Å². The minimum absolute atomic E-state index is 0.360. The number of nitrogens with zero attached hydrogens (tertiary/aromatic N) is 2. The van der Waals surface area contributed by atoms with Gasteiger partial charge in [-0.1, -0.05) is 41.4 Å². The average Bonchev–Trinajstić information content (AvgIpc) is 3.09. The molecule has 2 aromatic rings. The molecule has 1 aliphatic carbocycles. The molecular weight excluding hydrogens is 250 g/mol. The zero-order valence-electron chi connectivity index (χ0n) is 11.9. The molecule has 2 N–H and O–H groups in total. The van der Waals surface area contributed by atoms with E-state index < -0.39 is 0 Å². The van der Waals surface area contributed by atoms with Crippen molar-refractivity contribution in [2.45, 2.75) is 38.5 Å². The van der Waals surface area contributed by atoms with Crippen LogP contribution in [-0.4, -0.2) is 16.7 Å². The van der Waals surface area contributed by atoms with Crippen molar-refractivity contribution in [3.05, 3.63) is 47.1 Å². The zero-order chi connectivity index (χ0) is 13.9. The van der Waals surface area contributed by atoms with Crippen molar-refractivity contribution in [1.29, 1.82) is 0 Å². The fourth-order valence-corrected chi connectivity index (χ4v) is 3.02. The van der Waals surface area contributed by atoms with Crippen molar-refractivity contribution in [2.75, 3.05) is 6.54 Å². The lowest BCUT2D eigenvalue weighted by Crippen LogP contribution is -2.17. The lowest BCUT2D eigenvalue weighted by Gasteiger charge is -2.12. The van der Waals surface area contributed by atoms with Gasteiger partial charge in [-0.25, -0.2) is 0 Å². The van der Waals surface area contributed by atoms with Crippen LogP contribution < -0.4 is 5.73 Å². The zero-order valence-corrected chi connectivity index (χ0v) is 11.9. The molecule has 4 nitrogen and oxygen atoms in total. The van der Waals surface area contributed by atoms with E-state index in [-0.39, 0.29) is 0 Å². The second kappa shape index (κ2) is 5.75. The highest BCUT2D eigenvalue weighted by Crippen LogP contribution is 2.38. The fourth-order valence-electron chi connectivity index (χ4n) is 3.02. The fraction of sp³-hybridized carbons (Fsp3) is 0.500. The summed E-state index contributed by atoms with van der Waals surface area (Å²) in [7, 11) is 0. The van der Waals surface area contributed by atoms with Crippen molar-refractivity contribution >= 4 is 0 Å². The van der Waals surface area contributed by atoms with Crippen LogP contribution in [0.1, 0.15) is 48.0 Å². The van der Waals surface area contributed by atoms with Gasteiger partial charge in [0.15, 0.2) is 5.82 Å². The molecule has 1 aromatic carbocycles. The van der Waals surface area contributed by atoms with Gasteiger partial charge < -0.3 is 10.3 Å². The molecule has 0 bridgehead atoms. The summed E-state index contributed by atoms with van der Waals surface area (Å²) in [6.07, 6.45) is 4.23. The van der Waals surface area contributed by atoms with Crippen molar-refractivity contribution in [1.82, 2.24) is 10.1 Å². The molecule has 2 unspecified atom stereocenters. The van der Waals surface area contributed by atoms with Crippen LogP contribution in [0.15, 0.2) is 28.8 Å². The van der Waals surface area contributed by atoms with Gasteiger partial charge in [-0.05, 0) is 37.8 Å². The quantitative estimate of drug-likeness (QED) is 0.928. The average molecular weight is 271 g/mol. The van der Waals surface area contributed by atoms with E-state index in [1.54, 1.807) is 0 Å². The first-order chi connectivity index (χ1) is 9.76. The Morgan fingerprint density at radius 3 is 2.80 bits per heavy atom. The molecule has 0 amide bonds. The third-order valence-corrected chi connectivity index (χ3v) is 4.25. The highest BCUT2D eigenvalue weighted by molar-refractivity contribution is 5.23. The summed E-state index contributed by atoms with van der Waals surface area (Å²) in [4.78, 5) is 4.57. The van der Waals surface area contributed by atoms with E-state index in [1.165, 1.54) is 24.0 Å². The minimum Gasteiger partial charge on any atom is -0.339 e. The number of hydrogen-bond donors (Lipinski definition) is 1. The summed E-state index contributed by atoms with van der Waals surface area (Å²) in [5, 5.41) is 4.12. The molecule has 1 fully saturated rings. The van der Waals surface area contributed by atoms with Gasteiger partial charge in [-0.15, -0.1) is 0 Å². The molecular formula is C16H21N3O. The molecule has 20 heavy (non-hydrogen) atoms. The van der Waals surface area contributed by atoms with Gasteiger partial charge in [-0.3, -0.25) is 0 Å². The van der Waals surface area contributed by atoms with Gasteiger partial charge >= 0.3 is 0 Å². The first-order valence-corrected chi connectivity index (χ1v) is 7.34. The van der Waals surface area contributed by atoms with Gasteiger partial charge in [0, 0.05) is 12.3 Å². The Hall–Kier alpha value is -1.68. The number of hydrogen-bond acceptors (Lipinski definition) is 4. The van der Waals surface area contributed by atoms with E-state index in [4.69, 9.17) is 10.3 Å². The van der Waals surface area contributed by atoms with Gasteiger partial charge in [0.1, 0.15) is 0 Å². The highest BCUT2D eigenvalue weighted by atomic mass is 16.5. The maximum Gasteiger partial charge on any atom is 0.230 e. The first-order valence-electron chi connectivity index (χ1n) is 7.34. The summed E-state index contributed by atoms with van der Waals surface area (Å²) in [6.45, 7) is 2.80. The van der Waals surface area contributed by atoms with E-state index in [2.05, 4.69) is 41.3 Å². The third-order valence-electron chi connectivity index (χ3n) is 4.25. The van der Waals surface area contributed by atoms with Crippen molar-refractivity contribution < 1.29 is 4.52 Å². The van der Waals surface area contributed by atoms with Crippen molar-refractivity contribution in [3.8, 4) is 0 Å². The summed E-state index contributed by atoms with van der Waals surface area (Å²) in [5.74, 6) is 2.41. The Kier molecular flexibility index (Phi) is 3.83. The number of rotatable bonds is 4. The largest absolute Gasteiger partial charge is 0.339 e. The van der Waals surface area contributed by atoms with E-state index in [0.717, 1.165) is 24.6 Å². The van der Waals surface area contributed by atoms with Crippen LogP contribution in [0.3, 0.4) is 0 Å². The molecule has 1 saturated carbocycles. The Labute approximate surface area is 119 Å². The summed E-state index contributed by atoms with van der Waals surface area (Å²) in [6, 6.07) is 8.45. The van der Waals surface area contributed by atoms with Crippen molar-refractivity contribution in [2.24, 2.45) is 11.7 Å². The molecule has 3 rings (SSSR count). The summed E-state index contributed by atoms with van der Waals surface area (Å²) >= 11 is 0. The van der Waals surface area contributed by atoms with E-state index >= 15 is 0 Å².